The molecule has 1 unspecified atom stereocenters. The third kappa shape index (κ3) is 3.34. The number of aliphatic hydroxyl groups excluding tert-OH is 1. The zero-order valence-corrected chi connectivity index (χ0v) is 9.91. The molecule has 0 aromatic carbocycles. The first-order valence-electron chi connectivity index (χ1n) is 5.44. The summed E-state index contributed by atoms with van der Waals surface area (Å²) in [5, 5.41) is 12.1. The van der Waals surface area contributed by atoms with Gasteiger partial charge < -0.3 is 14.8 Å². The second kappa shape index (κ2) is 5.65. The minimum Gasteiger partial charge on any atom is -0.436 e. The molecular formula is C11H18N2O3. The molecule has 2 N–H and O–H groups in total. The molecule has 0 saturated carbocycles. The fourth-order valence-electron chi connectivity index (χ4n) is 1.47. The normalized spacial score (nSPS) is 12.5. The van der Waals surface area contributed by atoms with E-state index in [-0.39, 0.29) is 18.2 Å². The highest BCUT2D eigenvalue weighted by Crippen LogP contribution is 2.08. The van der Waals surface area contributed by atoms with E-state index in [0.717, 1.165) is 6.42 Å². The number of aliphatic hydroxyl groups is 1. The maximum atomic E-state index is 11.6. The SMILES string of the molecule is CCCC(O)CNC(=O)c1oc(C)nc1C. The topological polar surface area (TPSA) is 75.4 Å². The number of rotatable bonds is 5. The van der Waals surface area contributed by atoms with Gasteiger partial charge in [-0.1, -0.05) is 13.3 Å². The molecule has 1 rings (SSSR count). The van der Waals surface area contributed by atoms with Crippen LogP contribution in [0, 0.1) is 13.8 Å². The first kappa shape index (κ1) is 12.7. The number of nitrogens with zero attached hydrogens (tertiary/aromatic N) is 1. The fourth-order valence-corrected chi connectivity index (χ4v) is 1.47. The number of carbonyl (C=O) groups is 1. The predicted octanol–water partition coefficient (Wildman–Crippen LogP) is 1.18. The minimum atomic E-state index is -0.502. The summed E-state index contributed by atoms with van der Waals surface area (Å²) in [6, 6.07) is 0. The van der Waals surface area contributed by atoms with Crippen LogP contribution in [0.5, 0.6) is 0 Å². The second-order valence-corrected chi connectivity index (χ2v) is 3.80. The highest BCUT2D eigenvalue weighted by Gasteiger charge is 2.16. The highest BCUT2D eigenvalue weighted by molar-refractivity contribution is 5.92. The van der Waals surface area contributed by atoms with Crippen LogP contribution in [0.15, 0.2) is 4.42 Å². The predicted molar refractivity (Wildman–Crippen MR) is 59.2 cm³/mol. The van der Waals surface area contributed by atoms with Gasteiger partial charge in [-0.25, -0.2) is 4.98 Å². The van der Waals surface area contributed by atoms with Crippen molar-refractivity contribution in [3.05, 3.63) is 17.3 Å². The molecule has 5 heteroatoms. The minimum absolute atomic E-state index is 0.223. The van der Waals surface area contributed by atoms with Crippen LogP contribution in [0.2, 0.25) is 0 Å². The summed E-state index contributed by atoms with van der Waals surface area (Å²) in [5.41, 5.74) is 0.569. The number of hydrogen-bond acceptors (Lipinski definition) is 4. The van der Waals surface area contributed by atoms with Gasteiger partial charge in [0, 0.05) is 13.5 Å². The molecule has 90 valence electrons. The second-order valence-electron chi connectivity index (χ2n) is 3.80. The van der Waals surface area contributed by atoms with E-state index in [0.29, 0.717) is 18.0 Å². The molecule has 5 nitrogen and oxygen atoms in total. The highest BCUT2D eigenvalue weighted by atomic mass is 16.4. The summed E-state index contributed by atoms with van der Waals surface area (Å²) in [4.78, 5) is 15.6. The quantitative estimate of drug-likeness (QED) is 0.790. The average Bonchev–Trinajstić information content (AvgIpc) is 2.55. The van der Waals surface area contributed by atoms with Crippen molar-refractivity contribution in [2.75, 3.05) is 6.54 Å². The maximum absolute atomic E-state index is 11.6. The van der Waals surface area contributed by atoms with E-state index in [9.17, 15) is 9.90 Å². The molecule has 0 bridgehead atoms. The van der Waals surface area contributed by atoms with Gasteiger partial charge in [0.05, 0.1) is 11.8 Å². The Balaban J connectivity index is 2.50. The Morgan fingerprint density at radius 1 is 1.56 bits per heavy atom. The number of nitrogens with one attached hydrogen (secondary N) is 1. The van der Waals surface area contributed by atoms with E-state index in [1.165, 1.54) is 0 Å². The van der Waals surface area contributed by atoms with Crippen LogP contribution in [0.3, 0.4) is 0 Å². The lowest BCUT2D eigenvalue weighted by atomic mass is 10.2. The lowest BCUT2D eigenvalue weighted by molar-refractivity contribution is 0.0881. The van der Waals surface area contributed by atoms with Crippen molar-refractivity contribution in [1.82, 2.24) is 10.3 Å². The first-order valence-corrected chi connectivity index (χ1v) is 5.44. The summed E-state index contributed by atoms with van der Waals surface area (Å²) in [6.45, 7) is 5.63. The third-order valence-electron chi connectivity index (χ3n) is 2.23. The lowest BCUT2D eigenvalue weighted by Crippen LogP contribution is -2.32. The molecule has 0 saturated heterocycles. The molecule has 1 amide bonds. The summed E-state index contributed by atoms with van der Waals surface area (Å²) >= 11 is 0. The fraction of sp³-hybridized carbons (Fsp3) is 0.636. The van der Waals surface area contributed by atoms with Crippen LogP contribution < -0.4 is 5.32 Å². The van der Waals surface area contributed by atoms with Gasteiger partial charge in [0.2, 0.25) is 5.76 Å². The first-order chi connectivity index (χ1) is 7.54. The molecule has 0 aliphatic carbocycles. The molecule has 0 fully saturated rings. The standard InChI is InChI=1S/C11H18N2O3/c1-4-5-9(14)6-12-11(15)10-7(2)13-8(3)16-10/h9,14H,4-6H2,1-3H3,(H,12,15). The number of aryl methyl sites for hydroxylation is 2. The van der Waals surface area contributed by atoms with Crippen molar-refractivity contribution in [2.24, 2.45) is 0 Å². The van der Waals surface area contributed by atoms with Crippen LogP contribution in [-0.4, -0.2) is 28.6 Å². The van der Waals surface area contributed by atoms with Crippen LogP contribution in [0.4, 0.5) is 0 Å². The number of hydrogen-bond donors (Lipinski definition) is 2. The zero-order valence-electron chi connectivity index (χ0n) is 9.91. The smallest absolute Gasteiger partial charge is 0.289 e. The van der Waals surface area contributed by atoms with Crippen LogP contribution >= 0.6 is 0 Å². The van der Waals surface area contributed by atoms with Crippen molar-refractivity contribution in [3.63, 3.8) is 0 Å². The molecule has 1 aromatic heterocycles. The molecule has 0 radical (unpaired) electrons. The Labute approximate surface area is 94.9 Å². The van der Waals surface area contributed by atoms with Crippen molar-refractivity contribution >= 4 is 5.91 Å². The van der Waals surface area contributed by atoms with E-state index >= 15 is 0 Å². The summed E-state index contributed by atoms with van der Waals surface area (Å²) in [5.74, 6) is 0.367. The van der Waals surface area contributed by atoms with E-state index in [1.807, 2.05) is 6.92 Å². The van der Waals surface area contributed by atoms with Gasteiger partial charge in [-0.2, -0.15) is 0 Å². The summed E-state index contributed by atoms with van der Waals surface area (Å²) in [7, 11) is 0. The summed E-state index contributed by atoms with van der Waals surface area (Å²) < 4.78 is 5.16. The lowest BCUT2D eigenvalue weighted by Gasteiger charge is -2.09. The Hall–Kier alpha value is -1.36. The van der Waals surface area contributed by atoms with E-state index < -0.39 is 6.10 Å². The maximum Gasteiger partial charge on any atom is 0.289 e. The molecule has 1 atom stereocenters. The average molecular weight is 226 g/mol. The van der Waals surface area contributed by atoms with Gasteiger partial charge in [0.15, 0.2) is 5.89 Å². The number of amides is 1. The molecule has 0 aliphatic rings. The van der Waals surface area contributed by atoms with Crippen molar-refractivity contribution < 1.29 is 14.3 Å². The van der Waals surface area contributed by atoms with Crippen LogP contribution in [0.25, 0.3) is 0 Å². The third-order valence-corrected chi connectivity index (χ3v) is 2.23. The van der Waals surface area contributed by atoms with Crippen molar-refractivity contribution in [2.45, 2.75) is 39.7 Å². The number of oxazole rings is 1. The largest absolute Gasteiger partial charge is 0.436 e. The number of carbonyl (C=O) groups excluding carboxylic acids is 1. The Kier molecular flexibility index (Phi) is 4.49. The van der Waals surface area contributed by atoms with Gasteiger partial charge in [-0.3, -0.25) is 4.79 Å². The zero-order chi connectivity index (χ0) is 12.1. The van der Waals surface area contributed by atoms with Crippen LogP contribution in [-0.2, 0) is 0 Å². The van der Waals surface area contributed by atoms with Crippen molar-refractivity contribution in [1.29, 1.82) is 0 Å². The summed E-state index contributed by atoms with van der Waals surface area (Å²) in [6.07, 6.45) is 1.06. The van der Waals surface area contributed by atoms with E-state index in [4.69, 9.17) is 4.42 Å². The Bertz CT molecular complexity index is 360. The van der Waals surface area contributed by atoms with Gasteiger partial charge in [0.1, 0.15) is 0 Å². The Morgan fingerprint density at radius 3 is 2.75 bits per heavy atom. The van der Waals surface area contributed by atoms with E-state index in [1.54, 1.807) is 13.8 Å². The van der Waals surface area contributed by atoms with Crippen LogP contribution in [0.1, 0.15) is 41.9 Å². The molecule has 0 spiro atoms. The van der Waals surface area contributed by atoms with E-state index in [2.05, 4.69) is 10.3 Å². The monoisotopic (exact) mass is 226 g/mol. The van der Waals surface area contributed by atoms with Gasteiger partial charge in [-0.15, -0.1) is 0 Å². The molecule has 1 aromatic rings. The molecule has 1 heterocycles. The molecule has 0 aliphatic heterocycles. The van der Waals surface area contributed by atoms with Gasteiger partial charge >= 0.3 is 0 Å². The Morgan fingerprint density at radius 2 is 2.25 bits per heavy atom. The van der Waals surface area contributed by atoms with Gasteiger partial charge in [-0.05, 0) is 13.3 Å². The van der Waals surface area contributed by atoms with Gasteiger partial charge in [0.25, 0.3) is 5.91 Å². The molecular weight excluding hydrogens is 208 g/mol. The van der Waals surface area contributed by atoms with Crippen molar-refractivity contribution in [3.8, 4) is 0 Å². The molecule has 16 heavy (non-hydrogen) atoms. The number of aromatic nitrogens is 1.